The van der Waals surface area contributed by atoms with E-state index in [2.05, 4.69) is 124 Å². The lowest BCUT2D eigenvalue weighted by molar-refractivity contribution is 0.482. The Hall–Kier alpha value is -6.66. The van der Waals surface area contributed by atoms with Crippen molar-refractivity contribution in [1.82, 2.24) is 23.7 Å². The minimum atomic E-state index is 0.740. The summed E-state index contributed by atoms with van der Waals surface area (Å²) in [6.45, 7) is 0. The average Bonchev–Trinajstić information content (AvgIpc) is 3.79. The van der Waals surface area contributed by atoms with Crippen LogP contribution in [-0.2, 0) is 7.05 Å². The number of benzene rings is 6. The topological polar surface area (TPSA) is 49.8 Å². The molecule has 4 aromatic heterocycles. The van der Waals surface area contributed by atoms with Crippen LogP contribution in [0.1, 0.15) is 0 Å². The van der Waals surface area contributed by atoms with E-state index in [1.54, 1.807) is 0 Å². The molecule has 0 spiro atoms. The summed E-state index contributed by atoms with van der Waals surface area (Å²) in [5, 5.41) is 4.66. The van der Waals surface area contributed by atoms with Gasteiger partial charge in [0.15, 0.2) is 0 Å². The largest absolute Gasteiger partial charge is 0.457 e. The molecule has 6 aromatic carbocycles. The third-order valence-electron chi connectivity index (χ3n) is 9.53. The molecule has 0 amide bonds. The number of nitrogens with zero attached hydrogens (tertiary/aromatic N) is 5. The van der Waals surface area contributed by atoms with Crippen molar-refractivity contribution < 1.29 is 4.74 Å². The smallest absolute Gasteiger partial charge is 0.145 e. The number of aryl methyl sites for hydroxylation is 1. The Balaban J connectivity index is 1.15. The van der Waals surface area contributed by atoms with E-state index in [1.165, 1.54) is 16.3 Å². The van der Waals surface area contributed by atoms with Crippen LogP contribution in [0.5, 0.6) is 11.5 Å². The Morgan fingerprint density at radius 2 is 1.27 bits per heavy atom. The lowest BCUT2D eigenvalue weighted by Crippen LogP contribution is -1.97. The lowest BCUT2D eigenvalue weighted by atomic mass is 10.1. The summed E-state index contributed by atoms with van der Waals surface area (Å²) in [5.74, 6) is 2.38. The summed E-state index contributed by atoms with van der Waals surface area (Å²) in [6.07, 6.45) is 1.87. The molecule has 0 aliphatic carbocycles. The number of pyridine rings is 1. The molecule has 4 heterocycles. The molecule has 0 saturated carbocycles. The van der Waals surface area contributed by atoms with Crippen LogP contribution in [0.3, 0.4) is 0 Å². The van der Waals surface area contributed by atoms with Crippen LogP contribution in [0.25, 0.3) is 77.5 Å². The molecule has 6 heteroatoms. The monoisotopic (exact) mass is 631 g/mol. The van der Waals surface area contributed by atoms with Crippen LogP contribution in [0.4, 0.5) is 0 Å². The fourth-order valence-electron chi connectivity index (χ4n) is 7.41. The van der Waals surface area contributed by atoms with Crippen molar-refractivity contribution in [2.45, 2.75) is 0 Å². The Kier molecular flexibility index (Phi) is 5.99. The molecular formula is C43H29N5O. The molecule has 10 rings (SSSR count). The third-order valence-corrected chi connectivity index (χ3v) is 9.53. The Morgan fingerprint density at radius 3 is 2.14 bits per heavy atom. The highest BCUT2D eigenvalue weighted by Crippen LogP contribution is 2.42. The number of imidazole rings is 1. The van der Waals surface area contributed by atoms with Gasteiger partial charge in [-0.25, -0.2) is 9.97 Å². The Labute approximate surface area is 281 Å². The summed E-state index contributed by atoms with van der Waals surface area (Å²) in [6, 6.07) is 52.5. The molecule has 0 aliphatic heterocycles. The van der Waals surface area contributed by atoms with Crippen molar-refractivity contribution in [1.29, 1.82) is 0 Å². The van der Waals surface area contributed by atoms with Gasteiger partial charge in [0, 0.05) is 52.1 Å². The number of para-hydroxylation sites is 4. The van der Waals surface area contributed by atoms with Gasteiger partial charge in [0.25, 0.3) is 0 Å². The maximum Gasteiger partial charge on any atom is 0.145 e. The lowest BCUT2D eigenvalue weighted by Gasteiger charge is -2.12. The number of aromatic nitrogens is 5. The predicted molar refractivity (Wildman–Crippen MR) is 199 cm³/mol. The van der Waals surface area contributed by atoms with Crippen molar-refractivity contribution in [3.8, 4) is 34.3 Å². The average molecular weight is 632 g/mol. The van der Waals surface area contributed by atoms with Gasteiger partial charge in [-0.1, -0.05) is 72.8 Å². The second kappa shape index (κ2) is 10.7. The van der Waals surface area contributed by atoms with Crippen LogP contribution in [0.2, 0.25) is 0 Å². The summed E-state index contributed by atoms with van der Waals surface area (Å²) in [4.78, 5) is 9.84. The van der Waals surface area contributed by atoms with Crippen LogP contribution in [0, 0.1) is 0 Å². The third kappa shape index (κ3) is 4.21. The predicted octanol–water partition coefficient (Wildman–Crippen LogP) is 10.6. The molecule has 0 fully saturated rings. The van der Waals surface area contributed by atoms with Crippen LogP contribution < -0.4 is 4.74 Å². The second-order valence-corrected chi connectivity index (χ2v) is 12.4. The van der Waals surface area contributed by atoms with Gasteiger partial charge < -0.3 is 13.9 Å². The summed E-state index contributed by atoms with van der Waals surface area (Å²) < 4.78 is 13.3. The van der Waals surface area contributed by atoms with Crippen LogP contribution >= 0.6 is 0 Å². The quantitative estimate of drug-likeness (QED) is 0.190. The minimum absolute atomic E-state index is 0.740. The first-order valence-electron chi connectivity index (χ1n) is 16.4. The Bertz CT molecular complexity index is 2880. The molecule has 6 nitrogen and oxygen atoms in total. The number of hydrogen-bond acceptors (Lipinski definition) is 3. The zero-order valence-corrected chi connectivity index (χ0v) is 26.7. The molecule has 0 atom stereocenters. The summed E-state index contributed by atoms with van der Waals surface area (Å²) in [7, 11) is 2.05. The maximum atomic E-state index is 6.56. The fourth-order valence-corrected chi connectivity index (χ4v) is 7.41. The molecule has 0 aliphatic rings. The van der Waals surface area contributed by atoms with E-state index >= 15 is 0 Å². The molecule has 0 N–H and O–H groups in total. The number of fused-ring (bicyclic) bond motifs is 8. The zero-order valence-electron chi connectivity index (χ0n) is 26.7. The summed E-state index contributed by atoms with van der Waals surface area (Å²) >= 11 is 0. The second-order valence-electron chi connectivity index (χ2n) is 12.4. The molecule has 0 bridgehead atoms. The van der Waals surface area contributed by atoms with Gasteiger partial charge in [0.2, 0.25) is 0 Å². The van der Waals surface area contributed by atoms with E-state index in [4.69, 9.17) is 14.7 Å². The van der Waals surface area contributed by atoms with Crippen molar-refractivity contribution in [3.63, 3.8) is 0 Å². The highest BCUT2D eigenvalue weighted by molar-refractivity contribution is 6.25. The number of hydrogen-bond donors (Lipinski definition) is 0. The molecule has 0 radical (unpaired) electrons. The van der Waals surface area contributed by atoms with E-state index in [0.29, 0.717) is 0 Å². The van der Waals surface area contributed by atoms with Gasteiger partial charge in [-0.05, 0) is 72.8 Å². The van der Waals surface area contributed by atoms with E-state index in [9.17, 15) is 0 Å². The molecule has 0 unspecified atom stereocenters. The molecule has 0 saturated heterocycles. The SMILES string of the molecule is Cn1c(-c2cccc(Oc3cccc(-n4c5ncccc5c5ccc6c(c7ccccc7n6-c6ccccc6)c54)c3)c2)nc2ccccc21. The van der Waals surface area contributed by atoms with E-state index < -0.39 is 0 Å². The van der Waals surface area contributed by atoms with Crippen molar-refractivity contribution in [2.24, 2.45) is 7.05 Å². The van der Waals surface area contributed by atoms with Crippen molar-refractivity contribution in [2.75, 3.05) is 0 Å². The van der Waals surface area contributed by atoms with Gasteiger partial charge in [-0.3, -0.25) is 4.57 Å². The van der Waals surface area contributed by atoms with E-state index in [0.717, 1.165) is 72.7 Å². The normalized spacial score (nSPS) is 11.8. The van der Waals surface area contributed by atoms with Crippen LogP contribution in [-0.4, -0.2) is 23.7 Å². The first-order valence-corrected chi connectivity index (χ1v) is 16.4. The number of rotatable bonds is 5. The standard InChI is InChI=1S/C43H29N5O/c1-46-38-22-8-6-20-36(38)45-42(46)28-12-9-16-31(26-28)49-32-17-10-15-30(27-32)48-41-33(34-19-11-25-44-43(34)48)23-24-39-40(41)35-18-5-7-21-37(35)47(39)29-13-3-2-4-14-29/h2-27H,1H3. The molecular weight excluding hydrogens is 603 g/mol. The van der Waals surface area contributed by atoms with Crippen molar-refractivity contribution >= 4 is 54.8 Å². The van der Waals surface area contributed by atoms with Gasteiger partial charge in [0.1, 0.15) is 23.0 Å². The first kappa shape index (κ1) is 27.5. The van der Waals surface area contributed by atoms with Crippen molar-refractivity contribution in [3.05, 3.63) is 158 Å². The maximum absolute atomic E-state index is 6.56. The number of ether oxygens (including phenoxy) is 1. The molecule has 232 valence electrons. The van der Waals surface area contributed by atoms with E-state index in [-0.39, 0.29) is 0 Å². The molecule has 49 heavy (non-hydrogen) atoms. The zero-order chi connectivity index (χ0) is 32.5. The Morgan fingerprint density at radius 1 is 0.531 bits per heavy atom. The fraction of sp³-hybridized carbons (Fsp3) is 0.0233. The van der Waals surface area contributed by atoms with Gasteiger partial charge in [-0.15, -0.1) is 0 Å². The van der Waals surface area contributed by atoms with Gasteiger partial charge in [0.05, 0.1) is 33.3 Å². The van der Waals surface area contributed by atoms with Gasteiger partial charge in [-0.2, -0.15) is 0 Å². The summed E-state index contributed by atoms with van der Waals surface area (Å²) in [5.41, 5.74) is 9.51. The van der Waals surface area contributed by atoms with Gasteiger partial charge >= 0.3 is 0 Å². The van der Waals surface area contributed by atoms with Crippen LogP contribution in [0.15, 0.2) is 158 Å². The molecule has 10 aromatic rings. The minimum Gasteiger partial charge on any atom is -0.457 e. The highest BCUT2D eigenvalue weighted by Gasteiger charge is 2.21. The first-order chi connectivity index (χ1) is 24.2. The van der Waals surface area contributed by atoms with E-state index in [1.807, 2.05) is 54.7 Å². The highest BCUT2D eigenvalue weighted by atomic mass is 16.5.